The minimum Gasteiger partial charge on any atom is -0.468 e. The number of aliphatic hydroxyl groups excluding tert-OH is 1. The van der Waals surface area contributed by atoms with Crippen molar-refractivity contribution >= 4 is 0 Å². The first-order chi connectivity index (χ1) is 7.49. The third-order valence-electron chi connectivity index (χ3n) is 3.60. The topological polar surface area (TPSA) is 45.4 Å². The van der Waals surface area contributed by atoms with Crippen molar-refractivity contribution in [1.82, 2.24) is 5.32 Å². The Kier molecular flexibility index (Phi) is 4.56. The monoisotopic (exact) mass is 225 g/mol. The van der Waals surface area contributed by atoms with E-state index in [2.05, 4.69) is 19.2 Å². The minimum atomic E-state index is -0.303. The zero-order valence-electron chi connectivity index (χ0n) is 10.7. The molecule has 1 aromatic rings. The van der Waals surface area contributed by atoms with E-state index in [4.69, 9.17) is 4.42 Å². The van der Waals surface area contributed by atoms with Crippen LogP contribution in [0.15, 0.2) is 16.7 Å². The molecule has 0 aliphatic rings. The Morgan fingerprint density at radius 3 is 2.69 bits per heavy atom. The Bertz CT molecular complexity index is 319. The molecule has 16 heavy (non-hydrogen) atoms. The lowest BCUT2D eigenvalue weighted by Gasteiger charge is -2.31. The number of nitrogens with one attached hydrogen (secondary N) is 1. The van der Waals surface area contributed by atoms with Crippen LogP contribution in [0.2, 0.25) is 0 Å². The van der Waals surface area contributed by atoms with Gasteiger partial charge in [0.25, 0.3) is 0 Å². The van der Waals surface area contributed by atoms with E-state index in [1.54, 1.807) is 6.26 Å². The van der Waals surface area contributed by atoms with Crippen LogP contribution < -0.4 is 5.32 Å². The van der Waals surface area contributed by atoms with Crippen molar-refractivity contribution in [2.45, 2.75) is 46.8 Å². The zero-order valence-corrected chi connectivity index (χ0v) is 10.7. The van der Waals surface area contributed by atoms with E-state index < -0.39 is 0 Å². The lowest BCUT2D eigenvalue weighted by molar-refractivity contribution is 0.0485. The number of hydrogen-bond acceptors (Lipinski definition) is 3. The molecule has 0 amide bonds. The average molecular weight is 225 g/mol. The van der Waals surface area contributed by atoms with Crippen molar-refractivity contribution in [2.75, 3.05) is 6.54 Å². The molecular weight excluding hydrogens is 202 g/mol. The summed E-state index contributed by atoms with van der Waals surface area (Å²) in [5.41, 5.74) is 1.10. The van der Waals surface area contributed by atoms with Gasteiger partial charge in [0.05, 0.1) is 18.9 Å². The maximum Gasteiger partial charge on any atom is 0.120 e. The third kappa shape index (κ3) is 3.09. The molecule has 3 heteroatoms. The standard InChI is InChI=1S/C13H23NO2/c1-5-13(4,11(3)15)9-14-8-12-10(2)6-7-16-12/h6-7,11,14-15H,5,8-9H2,1-4H3. The van der Waals surface area contributed by atoms with E-state index in [9.17, 15) is 5.11 Å². The first-order valence-electron chi connectivity index (χ1n) is 5.91. The van der Waals surface area contributed by atoms with Gasteiger partial charge in [-0.2, -0.15) is 0 Å². The molecule has 92 valence electrons. The molecule has 0 aliphatic heterocycles. The predicted octanol–water partition coefficient (Wildman–Crippen LogP) is 2.47. The number of aryl methyl sites for hydroxylation is 1. The molecule has 2 atom stereocenters. The highest BCUT2D eigenvalue weighted by atomic mass is 16.3. The predicted molar refractivity (Wildman–Crippen MR) is 65.2 cm³/mol. The highest BCUT2D eigenvalue weighted by Gasteiger charge is 2.27. The Hall–Kier alpha value is -0.800. The van der Waals surface area contributed by atoms with Gasteiger partial charge < -0.3 is 14.8 Å². The van der Waals surface area contributed by atoms with Crippen LogP contribution in [0.3, 0.4) is 0 Å². The summed E-state index contributed by atoms with van der Waals surface area (Å²) in [6, 6.07) is 1.96. The lowest BCUT2D eigenvalue weighted by atomic mass is 9.82. The Morgan fingerprint density at radius 1 is 1.56 bits per heavy atom. The molecule has 0 fully saturated rings. The molecule has 3 nitrogen and oxygen atoms in total. The van der Waals surface area contributed by atoms with Gasteiger partial charge in [-0.25, -0.2) is 0 Å². The summed E-state index contributed by atoms with van der Waals surface area (Å²) in [5, 5.41) is 13.1. The fourth-order valence-corrected chi connectivity index (χ4v) is 1.61. The van der Waals surface area contributed by atoms with Crippen molar-refractivity contribution in [1.29, 1.82) is 0 Å². The maximum atomic E-state index is 9.72. The fraction of sp³-hybridized carbons (Fsp3) is 0.692. The normalized spacial score (nSPS) is 17.1. The first kappa shape index (κ1) is 13.3. The average Bonchev–Trinajstić information content (AvgIpc) is 2.64. The maximum absolute atomic E-state index is 9.72. The molecule has 0 radical (unpaired) electrons. The van der Waals surface area contributed by atoms with Crippen LogP contribution in [-0.2, 0) is 6.54 Å². The van der Waals surface area contributed by atoms with Gasteiger partial charge >= 0.3 is 0 Å². The van der Waals surface area contributed by atoms with E-state index in [1.165, 1.54) is 5.56 Å². The summed E-state index contributed by atoms with van der Waals surface area (Å²) < 4.78 is 5.35. The largest absolute Gasteiger partial charge is 0.468 e. The van der Waals surface area contributed by atoms with Crippen LogP contribution in [0, 0.1) is 12.3 Å². The van der Waals surface area contributed by atoms with Crippen LogP contribution >= 0.6 is 0 Å². The molecule has 0 saturated heterocycles. The second-order valence-electron chi connectivity index (χ2n) is 4.81. The van der Waals surface area contributed by atoms with Crippen LogP contribution in [0.5, 0.6) is 0 Å². The number of furan rings is 1. The molecular formula is C13H23NO2. The number of aliphatic hydroxyl groups is 1. The van der Waals surface area contributed by atoms with E-state index >= 15 is 0 Å². The van der Waals surface area contributed by atoms with Gasteiger partial charge in [0.2, 0.25) is 0 Å². The summed E-state index contributed by atoms with van der Waals surface area (Å²) in [6.07, 6.45) is 2.36. The molecule has 1 heterocycles. The van der Waals surface area contributed by atoms with Gasteiger partial charge in [-0.05, 0) is 31.9 Å². The van der Waals surface area contributed by atoms with Crippen molar-refractivity contribution in [3.05, 3.63) is 23.7 Å². The molecule has 0 saturated carbocycles. The minimum absolute atomic E-state index is 0.0690. The van der Waals surface area contributed by atoms with Crippen LogP contribution in [0.1, 0.15) is 38.5 Å². The zero-order chi connectivity index (χ0) is 12.2. The Morgan fingerprint density at radius 2 is 2.25 bits per heavy atom. The summed E-state index contributed by atoms with van der Waals surface area (Å²) in [7, 11) is 0. The highest BCUT2D eigenvalue weighted by molar-refractivity contribution is 5.14. The molecule has 2 N–H and O–H groups in total. The Labute approximate surface area is 97.9 Å². The number of rotatable bonds is 6. The summed E-state index contributed by atoms with van der Waals surface area (Å²) in [5.74, 6) is 0.976. The molecule has 0 bridgehead atoms. The van der Waals surface area contributed by atoms with E-state index in [-0.39, 0.29) is 11.5 Å². The SMILES string of the molecule is CCC(C)(CNCc1occc1C)C(C)O. The van der Waals surface area contributed by atoms with Crippen molar-refractivity contribution < 1.29 is 9.52 Å². The summed E-state index contributed by atoms with van der Waals surface area (Å²) in [6.45, 7) is 9.60. The smallest absolute Gasteiger partial charge is 0.120 e. The van der Waals surface area contributed by atoms with Gasteiger partial charge in [-0.15, -0.1) is 0 Å². The second kappa shape index (κ2) is 5.51. The molecule has 1 rings (SSSR count). The quantitative estimate of drug-likeness (QED) is 0.781. The van der Waals surface area contributed by atoms with E-state index in [1.807, 2.05) is 19.9 Å². The van der Waals surface area contributed by atoms with Crippen LogP contribution in [0.25, 0.3) is 0 Å². The van der Waals surface area contributed by atoms with Crippen molar-refractivity contribution in [2.24, 2.45) is 5.41 Å². The van der Waals surface area contributed by atoms with Crippen LogP contribution in [-0.4, -0.2) is 17.8 Å². The van der Waals surface area contributed by atoms with Gasteiger partial charge in [-0.3, -0.25) is 0 Å². The fourth-order valence-electron chi connectivity index (χ4n) is 1.61. The summed E-state index contributed by atoms with van der Waals surface area (Å²) in [4.78, 5) is 0. The van der Waals surface area contributed by atoms with Gasteiger partial charge in [0.1, 0.15) is 5.76 Å². The van der Waals surface area contributed by atoms with Crippen LogP contribution in [0.4, 0.5) is 0 Å². The van der Waals surface area contributed by atoms with Gasteiger partial charge in [0.15, 0.2) is 0 Å². The van der Waals surface area contributed by atoms with Crippen molar-refractivity contribution in [3.63, 3.8) is 0 Å². The lowest BCUT2D eigenvalue weighted by Crippen LogP contribution is -2.39. The molecule has 0 spiro atoms. The number of hydrogen-bond donors (Lipinski definition) is 2. The van der Waals surface area contributed by atoms with E-state index in [0.717, 1.165) is 25.3 Å². The molecule has 0 aromatic carbocycles. The van der Waals surface area contributed by atoms with Crippen molar-refractivity contribution in [3.8, 4) is 0 Å². The molecule has 1 aromatic heterocycles. The molecule has 0 aliphatic carbocycles. The highest BCUT2D eigenvalue weighted by Crippen LogP contribution is 2.24. The first-order valence-corrected chi connectivity index (χ1v) is 5.91. The summed E-state index contributed by atoms with van der Waals surface area (Å²) >= 11 is 0. The van der Waals surface area contributed by atoms with Gasteiger partial charge in [-0.1, -0.05) is 13.8 Å². The third-order valence-corrected chi connectivity index (χ3v) is 3.60. The van der Waals surface area contributed by atoms with E-state index in [0.29, 0.717) is 0 Å². The van der Waals surface area contributed by atoms with Gasteiger partial charge in [0, 0.05) is 12.0 Å². The Balaban J connectivity index is 2.43. The molecule has 2 unspecified atom stereocenters. The second-order valence-corrected chi connectivity index (χ2v) is 4.81.